The van der Waals surface area contributed by atoms with E-state index in [1.807, 2.05) is 11.0 Å². The first-order chi connectivity index (χ1) is 11.9. The van der Waals surface area contributed by atoms with Gasteiger partial charge in [0.05, 0.1) is 0 Å². The van der Waals surface area contributed by atoms with E-state index in [1.165, 1.54) is 16.7 Å². The van der Waals surface area contributed by atoms with Crippen LogP contribution in [0.15, 0.2) is 48.5 Å². The van der Waals surface area contributed by atoms with Gasteiger partial charge in [-0.25, -0.2) is 0 Å². The fraction of sp³-hybridized carbons (Fsp3) is 0.409. The summed E-state index contributed by atoms with van der Waals surface area (Å²) < 4.78 is 0. The van der Waals surface area contributed by atoms with Crippen molar-refractivity contribution >= 4 is 11.6 Å². The Kier molecular flexibility index (Phi) is 5.12. The minimum Gasteiger partial charge on any atom is -0.384 e. The molecule has 25 heavy (non-hydrogen) atoms. The van der Waals surface area contributed by atoms with Crippen molar-refractivity contribution in [2.45, 2.75) is 45.6 Å². The first-order valence-electron chi connectivity index (χ1n) is 9.13. The predicted octanol–water partition coefficient (Wildman–Crippen LogP) is 4.37. The van der Waals surface area contributed by atoms with Crippen molar-refractivity contribution in [2.24, 2.45) is 0 Å². The third-order valence-corrected chi connectivity index (χ3v) is 4.87. The number of para-hydroxylation sites is 1. The fourth-order valence-electron chi connectivity index (χ4n) is 3.46. The van der Waals surface area contributed by atoms with Crippen LogP contribution in [-0.4, -0.2) is 23.9 Å². The number of fused-ring (bicyclic) bond motifs is 1. The van der Waals surface area contributed by atoms with Gasteiger partial charge in [-0.15, -0.1) is 0 Å². The first-order valence-corrected chi connectivity index (χ1v) is 9.13. The zero-order valence-corrected chi connectivity index (χ0v) is 15.5. The van der Waals surface area contributed by atoms with Crippen LogP contribution in [0.5, 0.6) is 0 Å². The standard InChI is InChI=1S/C22H28N2O/c1-22(2,3)19-10-6-7-11-20(19)23-14-12-21(25)24-15-13-17-8-4-5-9-18(17)16-24/h4-11,23H,12-16H2,1-3H3. The highest BCUT2D eigenvalue weighted by Gasteiger charge is 2.20. The number of carbonyl (C=O) groups excluding carboxylic acids is 1. The lowest BCUT2D eigenvalue weighted by Gasteiger charge is -2.29. The number of nitrogens with zero attached hydrogens (tertiary/aromatic N) is 1. The number of rotatable bonds is 4. The highest BCUT2D eigenvalue weighted by atomic mass is 16.2. The highest BCUT2D eigenvalue weighted by Crippen LogP contribution is 2.29. The molecule has 0 unspecified atom stereocenters. The lowest BCUT2D eigenvalue weighted by molar-refractivity contribution is -0.131. The molecule has 3 nitrogen and oxygen atoms in total. The van der Waals surface area contributed by atoms with Crippen molar-refractivity contribution in [1.82, 2.24) is 4.90 Å². The van der Waals surface area contributed by atoms with E-state index in [2.05, 4.69) is 68.6 Å². The minimum atomic E-state index is 0.0875. The van der Waals surface area contributed by atoms with E-state index < -0.39 is 0 Å². The number of amides is 1. The van der Waals surface area contributed by atoms with Gasteiger partial charge in [0.1, 0.15) is 0 Å². The lowest BCUT2D eigenvalue weighted by Crippen LogP contribution is -2.36. The van der Waals surface area contributed by atoms with E-state index in [4.69, 9.17) is 0 Å². The molecule has 0 atom stereocenters. The average molecular weight is 336 g/mol. The molecule has 1 amide bonds. The summed E-state index contributed by atoms with van der Waals surface area (Å²) in [6, 6.07) is 16.8. The maximum atomic E-state index is 12.6. The largest absolute Gasteiger partial charge is 0.384 e. The second kappa shape index (κ2) is 7.30. The maximum Gasteiger partial charge on any atom is 0.224 e. The third-order valence-electron chi connectivity index (χ3n) is 4.87. The van der Waals surface area contributed by atoms with Crippen LogP contribution < -0.4 is 5.32 Å². The summed E-state index contributed by atoms with van der Waals surface area (Å²) in [6.07, 6.45) is 1.49. The van der Waals surface area contributed by atoms with Crippen LogP contribution in [0, 0.1) is 0 Å². The fourth-order valence-corrected chi connectivity index (χ4v) is 3.46. The molecule has 0 aromatic heterocycles. The molecule has 3 rings (SSSR count). The smallest absolute Gasteiger partial charge is 0.224 e. The molecule has 1 N–H and O–H groups in total. The third kappa shape index (κ3) is 4.22. The van der Waals surface area contributed by atoms with Crippen molar-refractivity contribution in [3.8, 4) is 0 Å². The summed E-state index contributed by atoms with van der Waals surface area (Å²) in [5.41, 5.74) is 5.17. The normalized spacial score (nSPS) is 14.1. The predicted molar refractivity (Wildman–Crippen MR) is 104 cm³/mol. The lowest BCUT2D eigenvalue weighted by atomic mass is 9.86. The highest BCUT2D eigenvalue weighted by molar-refractivity contribution is 5.77. The van der Waals surface area contributed by atoms with Gasteiger partial charge in [-0.3, -0.25) is 4.79 Å². The van der Waals surface area contributed by atoms with Crippen molar-refractivity contribution in [2.75, 3.05) is 18.4 Å². The molecular formula is C22H28N2O. The van der Waals surface area contributed by atoms with Crippen LogP contribution >= 0.6 is 0 Å². The Morgan fingerprint density at radius 1 is 1.04 bits per heavy atom. The van der Waals surface area contributed by atoms with E-state index >= 15 is 0 Å². The number of hydrogen-bond acceptors (Lipinski definition) is 2. The van der Waals surface area contributed by atoms with Crippen molar-refractivity contribution in [3.05, 3.63) is 65.2 Å². The first kappa shape index (κ1) is 17.5. The molecule has 1 aliphatic rings. The van der Waals surface area contributed by atoms with Crippen LogP contribution in [-0.2, 0) is 23.2 Å². The Morgan fingerprint density at radius 2 is 1.72 bits per heavy atom. The summed E-state index contributed by atoms with van der Waals surface area (Å²) in [4.78, 5) is 14.6. The Bertz CT molecular complexity index is 746. The van der Waals surface area contributed by atoms with Crippen LogP contribution in [0.25, 0.3) is 0 Å². The Labute approximate surface area is 151 Å². The van der Waals surface area contributed by atoms with Gasteiger partial charge in [0, 0.05) is 31.7 Å². The molecule has 0 saturated heterocycles. The van der Waals surface area contributed by atoms with Crippen LogP contribution in [0.2, 0.25) is 0 Å². The summed E-state index contributed by atoms with van der Waals surface area (Å²) in [5.74, 6) is 0.232. The molecular weight excluding hydrogens is 308 g/mol. The van der Waals surface area contributed by atoms with E-state index in [0.29, 0.717) is 13.0 Å². The SMILES string of the molecule is CC(C)(C)c1ccccc1NCCC(=O)N1CCc2ccccc2C1. The molecule has 2 aromatic carbocycles. The molecule has 0 bridgehead atoms. The van der Waals surface area contributed by atoms with E-state index in [9.17, 15) is 4.79 Å². The number of hydrogen-bond donors (Lipinski definition) is 1. The van der Waals surface area contributed by atoms with Crippen molar-refractivity contribution in [3.63, 3.8) is 0 Å². The van der Waals surface area contributed by atoms with E-state index in [-0.39, 0.29) is 11.3 Å². The molecule has 2 aromatic rings. The van der Waals surface area contributed by atoms with Crippen molar-refractivity contribution in [1.29, 1.82) is 0 Å². The van der Waals surface area contributed by atoms with Crippen LogP contribution in [0.1, 0.15) is 43.9 Å². The molecule has 1 heterocycles. The van der Waals surface area contributed by atoms with Crippen LogP contribution in [0.3, 0.4) is 0 Å². The van der Waals surface area contributed by atoms with E-state index in [0.717, 1.165) is 25.2 Å². The van der Waals surface area contributed by atoms with Crippen molar-refractivity contribution < 1.29 is 4.79 Å². The van der Waals surface area contributed by atoms with Gasteiger partial charge < -0.3 is 10.2 Å². The molecule has 0 saturated carbocycles. The average Bonchev–Trinajstić information content (AvgIpc) is 2.60. The number of carbonyl (C=O) groups is 1. The van der Waals surface area contributed by atoms with Gasteiger partial charge in [-0.2, -0.15) is 0 Å². The van der Waals surface area contributed by atoms with Gasteiger partial charge in [-0.1, -0.05) is 63.2 Å². The van der Waals surface area contributed by atoms with Gasteiger partial charge in [0.25, 0.3) is 0 Å². The van der Waals surface area contributed by atoms with Gasteiger partial charge in [-0.05, 0) is 34.6 Å². The summed E-state index contributed by atoms with van der Waals surface area (Å²) in [7, 11) is 0. The minimum absolute atomic E-state index is 0.0875. The Morgan fingerprint density at radius 3 is 2.48 bits per heavy atom. The quantitative estimate of drug-likeness (QED) is 0.899. The topological polar surface area (TPSA) is 32.3 Å². The number of nitrogens with one attached hydrogen (secondary N) is 1. The molecule has 132 valence electrons. The summed E-state index contributed by atoms with van der Waals surface area (Å²) in [5, 5.41) is 3.46. The monoisotopic (exact) mass is 336 g/mol. The molecule has 0 fully saturated rings. The second-order valence-electron chi connectivity index (χ2n) is 7.81. The Balaban J connectivity index is 1.56. The molecule has 0 radical (unpaired) electrons. The molecule has 0 spiro atoms. The van der Waals surface area contributed by atoms with Gasteiger partial charge in [0.15, 0.2) is 0 Å². The zero-order valence-electron chi connectivity index (χ0n) is 15.5. The number of benzene rings is 2. The van der Waals surface area contributed by atoms with Gasteiger partial charge in [0.2, 0.25) is 5.91 Å². The van der Waals surface area contributed by atoms with Gasteiger partial charge >= 0.3 is 0 Å². The zero-order chi connectivity index (χ0) is 17.9. The maximum absolute atomic E-state index is 12.6. The van der Waals surface area contributed by atoms with Crippen LogP contribution in [0.4, 0.5) is 5.69 Å². The molecule has 1 aliphatic heterocycles. The summed E-state index contributed by atoms with van der Waals surface area (Å²) in [6.45, 7) is 8.88. The molecule has 0 aliphatic carbocycles. The second-order valence-corrected chi connectivity index (χ2v) is 7.81. The summed E-state index contributed by atoms with van der Waals surface area (Å²) >= 11 is 0. The van der Waals surface area contributed by atoms with E-state index in [1.54, 1.807) is 0 Å². The number of anilines is 1. The Hall–Kier alpha value is -2.29. The molecule has 3 heteroatoms.